The van der Waals surface area contributed by atoms with Crippen molar-refractivity contribution < 1.29 is 14.3 Å². The SMILES string of the molecule is CO[C@@H]1[C@@H](NC(=O)C(C)C)c2ccccc2C12CCN(C(=O)c1cc3c(nc1Cl)CCC3)CC2. The summed E-state index contributed by atoms with van der Waals surface area (Å²) in [6.07, 6.45) is 4.29. The molecule has 2 aromatic rings. The molecule has 3 aliphatic rings. The van der Waals surface area contributed by atoms with Gasteiger partial charge in [0, 0.05) is 37.2 Å². The van der Waals surface area contributed by atoms with Gasteiger partial charge in [0.05, 0.1) is 17.7 Å². The molecular formula is C27H32ClN3O3. The number of hydrogen-bond acceptors (Lipinski definition) is 4. The van der Waals surface area contributed by atoms with E-state index in [9.17, 15) is 9.59 Å². The van der Waals surface area contributed by atoms with E-state index in [-0.39, 0.29) is 35.3 Å². The lowest BCUT2D eigenvalue weighted by molar-refractivity contribution is -0.126. The van der Waals surface area contributed by atoms with Crippen molar-refractivity contribution in [3.05, 3.63) is 63.4 Å². The molecule has 1 aromatic heterocycles. The number of benzene rings is 1. The average Bonchev–Trinajstić information content (AvgIpc) is 3.39. The second kappa shape index (κ2) is 8.97. The van der Waals surface area contributed by atoms with Crippen LogP contribution in [0.2, 0.25) is 5.15 Å². The molecule has 0 bridgehead atoms. The van der Waals surface area contributed by atoms with E-state index in [0.29, 0.717) is 23.8 Å². The molecule has 2 aliphatic carbocycles. The fourth-order valence-corrected chi connectivity index (χ4v) is 6.36. The normalized spacial score (nSPS) is 22.7. The predicted molar refractivity (Wildman–Crippen MR) is 131 cm³/mol. The highest BCUT2D eigenvalue weighted by atomic mass is 35.5. The van der Waals surface area contributed by atoms with Gasteiger partial charge in [0.15, 0.2) is 0 Å². The predicted octanol–water partition coefficient (Wildman–Crippen LogP) is 4.24. The summed E-state index contributed by atoms with van der Waals surface area (Å²) < 4.78 is 6.08. The van der Waals surface area contributed by atoms with Gasteiger partial charge in [0.1, 0.15) is 5.15 Å². The summed E-state index contributed by atoms with van der Waals surface area (Å²) in [7, 11) is 1.72. The Balaban J connectivity index is 1.40. The Labute approximate surface area is 206 Å². The summed E-state index contributed by atoms with van der Waals surface area (Å²) in [5, 5.41) is 3.54. The third-order valence-corrected chi connectivity index (χ3v) is 8.22. The van der Waals surface area contributed by atoms with E-state index in [0.717, 1.165) is 48.9 Å². The third-order valence-electron chi connectivity index (χ3n) is 7.93. The number of aryl methyl sites for hydroxylation is 2. The Morgan fingerprint density at radius 1 is 1.21 bits per heavy atom. The van der Waals surface area contributed by atoms with E-state index in [1.54, 1.807) is 7.11 Å². The lowest BCUT2D eigenvalue weighted by Gasteiger charge is -2.44. The first-order chi connectivity index (χ1) is 16.4. The number of rotatable bonds is 4. The minimum Gasteiger partial charge on any atom is -0.378 e. The van der Waals surface area contributed by atoms with Gasteiger partial charge in [-0.25, -0.2) is 4.98 Å². The van der Waals surface area contributed by atoms with Crippen LogP contribution in [0.1, 0.15) is 71.9 Å². The molecule has 0 unspecified atom stereocenters. The summed E-state index contributed by atoms with van der Waals surface area (Å²) in [6, 6.07) is 10.1. The molecule has 7 heteroatoms. The number of hydrogen-bond donors (Lipinski definition) is 1. The molecule has 1 N–H and O–H groups in total. The van der Waals surface area contributed by atoms with Gasteiger partial charge in [-0.2, -0.15) is 0 Å². The van der Waals surface area contributed by atoms with Gasteiger partial charge in [0.2, 0.25) is 5.91 Å². The first-order valence-corrected chi connectivity index (χ1v) is 12.6. The third kappa shape index (κ3) is 3.72. The van der Waals surface area contributed by atoms with Crippen LogP contribution in [0.15, 0.2) is 30.3 Å². The largest absolute Gasteiger partial charge is 0.378 e. The molecular weight excluding hydrogens is 450 g/mol. The number of piperidine rings is 1. The van der Waals surface area contributed by atoms with Crippen LogP contribution in [0.4, 0.5) is 0 Å². The molecule has 1 saturated heterocycles. The summed E-state index contributed by atoms with van der Waals surface area (Å²) in [5.41, 5.74) is 4.77. The van der Waals surface area contributed by atoms with Crippen LogP contribution in [-0.4, -0.2) is 48.0 Å². The molecule has 5 rings (SSSR count). The molecule has 6 nitrogen and oxygen atoms in total. The maximum Gasteiger partial charge on any atom is 0.256 e. The minimum atomic E-state index is -0.253. The first kappa shape index (κ1) is 23.3. The van der Waals surface area contributed by atoms with E-state index < -0.39 is 0 Å². The highest BCUT2D eigenvalue weighted by Gasteiger charge is 2.54. The Morgan fingerprint density at radius 3 is 2.65 bits per heavy atom. The Bertz CT molecular complexity index is 1120. The van der Waals surface area contributed by atoms with Gasteiger partial charge in [-0.05, 0) is 54.9 Å². The van der Waals surface area contributed by atoms with Crippen molar-refractivity contribution in [3.63, 3.8) is 0 Å². The average molecular weight is 482 g/mol. The van der Waals surface area contributed by atoms with Crippen molar-refractivity contribution >= 4 is 23.4 Å². The number of nitrogens with zero attached hydrogens (tertiary/aromatic N) is 2. The van der Waals surface area contributed by atoms with E-state index in [1.165, 1.54) is 5.56 Å². The van der Waals surface area contributed by atoms with E-state index in [4.69, 9.17) is 16.3 Å². The Morgan fingerprint density at radius 2 is 1.94 bits per heavy atom. The monoisotopic (exact) mass is 481 g/mol. The van der Waals surface area contributed by atoms with Crippen LogP contribution in [0.5, 0.6) is 0 Å². The number of fused-ring (bicyclic) bond motifs is 3. The molecule has 180 valence electrons. The molecule has 2 atom stereocenters. The van der Waals surface area contributed by atoms with Gasteiger partial charge in [0.25, 0.3) is 5.91 Å². The van der Waals surface area contributed by atoms with Crippen LogP contribution >= 0.6 is 11.6 Å². The zero-order chi connectivity index (χ0) is 24.0. The molecule has 34 heavy (non-hydrogen) atoms. The number of pyridine rings is 1. The zero-order valence-corrected chi connectivity index (χ0v) is 20.8. The van der Waals surface area contributed by atoms with Crippen LogP contribution < -0.4 is 5.32 Å². The molecule has 1 spiro atoms. The topological polar surface area (TPSA) is 71.5 Å². The van der Waals surface area contributed by atoms with Gasteiger partial charge in [-0.3, -0.25) is 9.59 Å². The van der Waals surface area contributed by atoms with E-state index in [1.807, 2.05) is 36.9 Å². The van der Waals surface area contributed by atoms with Crippen molar-refractivity contribution in [1.29, 1.82) is 0 Å². The van der Waals surface area contributed by atoms with Gasteiger partial charge in [-0.15, -0.1) is 0 Å². The Kier molecular flexibility index (Phi) is 6.15. The fraction of sp³-hybridized carbons (Fsp3) is 0.519. The zero-order valence-electron chi connectivity index (χ0n) is 20.1. The van der Waals surface area contributed by atoms with Crippen LogP contribution in [0.3, 0.4) is 0 Å². The second-order valence-electron chi connectivity index (χ2n) is 10.1. The number of nitrogens with one attached hydrogen (secondary N) is 1. The lowest BCUT2D eigenvalue weighted by Crippen LogP contribution is -2.52. The first-order valence-electron chi connectivity index (χ1n) is 12.3. The van der Waals surface area contributed by atoms with Crippen LogP contribution in [-0.2, 0) is 27.8 Å². The van der Waals surface area contributed by atoms with Crippen molar-refractivity contribution in [2.45, 2.75) is 63.5 Å². The molecule has 1 fully saturated rings. The van der Waals surface area contributed by atoms with Gasteiger partial charge in [-0.1, -0.05) is 49.7 Å². The molecule has 1 aromatic carbocycles. The molecule has 2 heterocycles. The lowest BCUT2D eigenvalue weighted by atomic mass is 9.71. The van der Waals surface area contributed by atoms with E-state index in [2.05, 4.69) is 22.4 Å². The number of carbonyl (C=O) groups is 2. The van der Waals surface area contributed by atoms with Crippen molar-refractivity contribution in [2.75, 3.05) is 20.2 Å². The van der Waals surface area contributed by atoms with Crippen LogP contribution in [0.25, 0.3) is 0 Å². The Hall–Kier alpha value is -2.44. The standard InChI is InChI=1S/C27H32ClN3O3/c1-16(2)25(32)30-22-18-8-4-5-9-20(18)27(23(22)34-3)11-13-31(14-12-27)26(33)19-15-17-7-6-10-21(17)29-24(19)28/h4-5,8-9,15-16,22-23H,6-7,10-14H2,1-3H3,(H,30,32)/t22-,23+/m0/s1. The minimum absolute atomic E-state index is 0.0188. The van der Waals surface area contributed by atoms with Gasteiger partial charge < -0.3 is 15.0 Å². The quantitative estimate of drug-likeness (QED) is 0.663. The summed E-state index contributed by atoms with van der Waals surface area (Å²) >= 11 is 6.43. The number of likely N-dealkylation sites (tertiary alicyclic amines) is 1. The van der Waals surface area contributed by atoms with Gasteiger partial charge >= 0.3 is 0 Å². The molecule has 2 amide bonds. The number of amides is 2. The van der Waals surface area contributed by atoms with Crippen molar-refractivity contribution in [3.8, 4) is 0 Å². The highest BCUT2D eigenvalue weighted by Crippen LogP contribution is 2.52. The maximum atomic E-state index is 13.4. The van der Waals surface area contributed by atoms with Crippen molar-refractivity contribution in [1.82, 2.24) is 15.2 Å². The highest BCUT2D eigenvalue weighted by molar-refractivity contribution is 6.32. The fourth-order valence-electron chi connectivity index (χ4n) is 6.12. The molecule has 1 aliphatic heterocycles. The van der Waals surface area contributed by atoms with Crippen LogP contribution in [0, 0.1) is 5.92 Å². The number of carbonyl (C=O) groups excluding carboxylic acids is 2. The number of methoxy groups -OCH3 is 1. The van der Waals surface area contributed by atoms with Crippen molar-refractivity contribution in [2.24, 2.45) is 5.92 Å². The summed E-state index contributed by atoms with van der Waals surface area (Å²) in [4.78, 5) is 32.4. The summed E-state index contributed by atoms with van der Waals surface area (Å²) in [5.74, 6) is -0.136. The van der Waals surface area contributed by atoms with E-state index >= 15 is 0 Å². The summed E-state index contributed by atoms with van der Waals surface area (Å²) in [6.45, 7) is 5.00. The number of ether oxygens (including phenoxy) is 1. The molecule has 0 saturated carbocycles. The second-order valence-corrected chi connectivity index (χ2v) is 10.5. The number of aromatic nitrogens is 1. The maximum absolute atomic E-state index is 13.4. The number of halogens is 1. The molecule has 0 radical (unpaired) electrons. The smallest absolute Gasteiger partial charge is 0.256 e.